The first-order chi connectivity index (χ1) is 14.1. The Morgan fingerprint density at radius 1 is 1.00 bits per heavy atom. The molecule has 0 bridgehead atoms. The first-order valence-electron chi connectivity index (χ1n) is 10.2. The Hall–Kier alpha value is -2.64. The quantitative estimate of drug-likeness (QED) is 0.411. The van der Waals surface area contributed by atoms with Gasteiger partial charge in [0.05, 0.1) is 0 Å². The number of halogens is 1. The lowest BCUT2D eigenvalue weighted by atomic mass is 9.81. The van der Waals surface area contributed by atoms with Crippen LogP contribution in [-0.4, -0.2) is 5.78 Å². The Bertz CT molecular complexity index is 1060. The van der Waals surface area contributed by atoms with Crippen molar-refractivity contribution in [3.8, 4) is 0 Å². The summed E-state index contributed by atoms with van der Waals surface area (Å²) >= 11 is 6.08. The molecule has 0 spiro atoms. The molecule has 0 heterocycles. The van der Waals surface area contributed by atoms with Gasteiger partial charge in [-0.05, 0) is 60.2 Å². The van der Waals surface area contributed by atoms with Gasteiger partial charge in [0, 0.05) is 22.4 Å². The summed E-state index contributed by atoms with van der Waals surface area (Å²) in [4.78, 5) is 13.5. The summed E-state index contributed by atoms with van der Waals surface area (Å²) in [5, 5.41) is 0.729. The van der Waals surface area contributed by atoms with E-state index in [0.29, 0.717) is 0 Å². The standard InChI is InChI=1S/C27H25ClO/c1-3-19-8-4-5-10-24(19)25-16-22(20-11-13-23(28)14-12-20)17-26(25)27(29)21-9-6-7-18(2)15-21/h4-15,17,25-26H,3,16H2,1-2H3. The van der Waals surface area contributed by atoms with Gasteiger partial charge in [-0.25, -0.2) is 0 Å². The minimum absolute atomic E-state index is 0.157. The van der Waals surface area contributed by atoms with Crippen LogP contribution in [0.2, 0.25) is 5.02 Å². The van der Waals surface area contributed by atoms with Gasteiger partial charge in [0.25, 0.3) is 0 Å². The van der Waals surface area contributed by atoms with E-state index >= 15 is 0 Å². The highest BCUT2D eigenvalue weighted by atomic mass is 35.5. The molecule has 1 aliphatic rings. The van der Waals surface area contributed by atoms with Crippen LogP contribution in [0.5, 0.6) is 0 Å². The van der Waals surface area contributed by atoms with Crippen LogP contribution in [0.4, 0.5) is 0 Å². The minimum atomic E-state index is -0.157. The van der Waals surface area contributed by atoms with E-state index in [9.17, 15) is 4.79 Å². The van der Waals surface area contributed by atoms with Crippen molar-refractivity contribution >= 4 is 23.0 Å². The van der Waals surface area contributed by atoms with Gasteiger partial charge in [-0.1, -0.05) is 84.8 Å². The molecule has 2 heteroatoms. The minimum Gasteiger partial charge on any atom is -0.293 e. The number of carbonyl (C=O) groups excluding carboxylic acids is 1. The Labute approximate surface area is 178 Å². The van der Waals surface area contributed by atoms with Crippen LogP contribution in [0, 0.1) is 12.8 Å². The van der Waals surface area contributed by atoms with Crippen LogP contribution in [0.1, 0.15) is 51.9 Å². The molecule has 1 nitrogen and oxygen atoms in total. The molecule has 0 radical (unpaired) electrons. The SMILES string of the molecule is CCc1ccccc1C1CC(c2ccc(Cl)cc2)=CC1C(=O)c1cccc(C)c1. The number of Topliss-reactive ketones (excluding diaryl/α,β-unsaturated/α-hetero) is 1. The molecule has 3 aromatic carbocycles. The molecule has 1 aliphatic carbocycles. The molecule has 0 saturated carbocycles. The van der Waals surface area contributed by atoms with E-state index in [4.69, 9.17) is 11.6 Å². The molecule has 0 amide bonds. The van der Waals surface area contributed by atoms with Gasteiger partial charge in [0.2, 0.25) is 0 Å². The van der Waals surface area contributed by atoms with Gasteiger partial charge in [0.1, 0.15) is 0 Å². The summed E-state index contributed by atoms with van der Waals surface area (Å²) in [5.41, 5.74) is 6.90. The zero-order valence-corrected chi connectivity index (χ0v) is 17.6. The molecule has 2 unspecified atom stereocenters. The highest BCUT2D eigenvalue weighted by Crippen LogP contribution is 2.45. The molecule has 146 valence electrons. The monoisotopic (exact) mass is 400 g/mol. The highest BCUT2D eigenvalue weighted by Gasteiger charge is 2.35. The van der Waals surface area contributed by atoms with E-state index in [1.165, 1.54) is 16.7 Å². The fourth-order valence-corrected chi connectivity index (χ4v) is 4.54. The van der Waals surface area contributed by atoms with E-state index in [2.05, 4.69) is 49.4 Å². The van der Waals surface area contributed by atoms with E-state index < -0.39 is 0 Å². The van der Waals surface area contributed by atoms with Crippen LogP contribution >= 0.6 is 11.6 Å². The van der Waals surface area contributed by atoms with Gasteiger partial charge >= 0.3 is 0 Å². The average Bonchev–Trinajstić information content (AvgIpc) is 3.19. The smallest absolute Gasteiger partial charge is 0.170 e. The summed E-state index contributed by atoms with van der Waals surface area (Å²) in [6, 6.07) is 24.4. The Balaban J connectivity index is 1.77. The van der Waals surface area contributed by atoms with Crippen molar-refractivity contribution in [3.05, 3.63) is 112 Å². The Kier molecular flexibility index (Phi) is 5.69. The lowest BCUT2D eigenvalue weighted by Crippen LogP contribution is -2.19. The van der Waals surface area contributed by atoms with Crippen molar-refractivity contribution in [2.24, 2.45) is 5.92 Å². The molecule has 0 N–H and O–H groups in total. The van der Waals surface area contributed by atoms with Crippen LogP contribution in [0.15, 0.2) is 78.9 Å². The largest absolute Gasteiger partial charge is 0.293 e. The van der Waals surface area contributed by atoms with Crippen LogP contribution in [0.3, 0.4) is 0 Å². The maximum absolute atomic E-state index is 13.5. The number of rotatable bonds is 5. The number of aryl methyl sites for hydroxylation is 2. The van der Waals surface area contributed by atoms with Crippen LogP contribution in [-0.2, 0) is 6.42 Å². The van der Waals surface area contributed by atoms with Gasteiger partial charge in [-0.15, -0.1) is 0 Å². The topological polar surface area (TPSA) is 17.1 Å². The Morgan fingerprint density at radius 2 is 1.76 bits per heavy atom. The van der Waals surface area contributed by atoms with E-state index in [-0.39, 0.29) is 17.6 Å². The number of benzene rings is 3. The highest BCUT2D eigenvalue weighted by molar-refractivity contribution is 6.30. The van der Waals surface area contributed by atoms with Crippen LogP contribution < -0.4 is 0 Å². The zero-order chi connectivity index (χ0) is 20.4. The Morgan fingerprint density at radius 3 is 2.48 bits per heavy atom. The number of allylic oxidation sites excluding steroid dienone is 2. The van der Waals surface area contributed by atoms with Crippen molar-refractivity contribution in [1.29, 1.82) is 0 Å². The molecule has 29 heavy (non-hydrogen) atoms. The third-order valence-electron chi connectivity index (χ3n) is 5.91. The predicted octanol–water partition coefficient (Wildman–Crippen LogP) is 7.28. The van der Waals surface area contributed by atoms with Crippen molar-refractivity contribution in [1.82, 2.24) is 0 Å². The van der Waals surface area contributed by atoms with Crippen molar-refractivity contribution < 1.29 is 4.79 Å². The van der Waals surface area contributed by atoms with Gasteiger partial charge < -0.3 is 0 Å². The summed E-state index contributed by atoms with van der Waals surface area (Å²) in [6.07, 6.45) is 4.01. The third kappa shape index (κ3) is 4.06. The molecule has 0 aromatic heterocycles. The van der Waals surface area contributed by atoms with Gasteiger partial charge in [-0.3, -0.25) is 4.79 Å². The molecule has 4 rings (SSSR count). The molecule has 2 atom stereocenters. The maximum Gasteiger partial charge on any atom is 0.170 e. The predicted molar refractivity (Wildman–Crippen MR) is 122 cm³/mol. The zero-order valence-electron chi connectivity index (χ0n) is 16.9. The maximum atomic E-state index is 13.5. The number of hydrogen-bond acceptors (Lipinski definition) is 1. The molecule has 0 fully saturated rings. The summed E-state index contributed by atoms with van der Waals surface area (Å²) in [7, 11) is 0. The number of carbonyl (C=O) groups is 1. The molecule has 0 aliphatic heterocycles. The van der Waals surface area contributed by atoms with Crippen molar-refractivity contribution in [2.75, 3.05) is 0 Å². The van der Waals surface area contributed by atoms with E-state index in [0.717, 1.165) is 34.6 Å². The lowest BCUT2D eigenvalue weighted by molar-refractivity contribution is 0.0934. The van der Waals surface area contributed by atoms with E-state index in [1.807, 2.05) is 43.3 Å². The molecule has 0 saturated heterocycles. The fraction of sp³-hybridized carbons (Fsp3) is 0.222. The summed E-state index contributed by atoms with van der Waals surface area (Å²) in [5.74, 6) is 0.202. The van der Waals surface area contributed by atoms with Gasteiger partial charge in [0.15, 0.2) is 5.78 Å². The van der Waals surface area contributed by atoms with Crippen molar-refractivity contribution in [3.63, 3.8) is 0 Å². The fourth-order valence-electron chi connectivity index (χ4n) is 4.41. The molecular formula is C27H25ClO. The molecular weight excluding hydrogens is 376 g/mol. The second-order valence-corrected chi connectivity index (χ2v) is 8.26. The van der Waals surface area contributed by atoms with E-state index in [1.54, 1.807) is 0 Å². The third-order valence-corrected chi connectivity index (χ3v) is 6.16. The molecule has 3 aromatic rings. The average molecular weight is 401 g/mol. The first-order valence-corrected chi connectivity index (χ1v) is 10.6. The van der Waals surface area contributed by atoms with Crippen molar-refractivity contribution in [2.45, 2.75) is 32.6 Å². The number of hydrogen-bond donors (Lipinski definition) is 0. The summed E-state index contributed by atoms with van der Waals surface area (Å²) < 4.78 is 0. The van der Waals surface area contributed by atoms with Gasteiger partial charge in [-0.2, -0.15) is 0 Å². The summed E-state index contributed by atoms with van der Waals surface area (Å²) in [6.45, 7) is 4.21. The lowest BCUT2D eigenvalue weighted by Gasteiger charge is -2.22. The van der Waals surface area contributed by atoms with Crippen LogP contribution in [0.25, 0.3) is 5.57 Å². The normalized spacial score (nSPS) is 18.5. The number of ketones is 1. The first kappa shape index (κ1) is 19.7. The second kappa shape index (κ2) is 8.39. The second-order valence-electron chi connectivity index (χ2n) is 7.82.